The number of aryl methyl sites for hydroxylation is 1. The van der Waals surface area contributed by atoms with Crippen LogP contribution in [0.5, 0.6) is 5.88 Å². The third-order valence-corrected chi connectivity index (χ3v) is 2.63. The summed E-state index contributed by atoms with van der Waals surface area (Å²) in [5.74, 6) is 1.67. The minimum absolute atomic E-state index is 0.398. The van der Waals surface area contributed by atoms with Gasteiger partial charge in [-0.2, -0.15) is 4.98 Å². The maximum Gasteiger partial charge on any atom is 0.242 e. The molecule has 0 bridgehead atoms. The number of pyridine rings is 1. The number of nitrogen functional groups attached to an aromatic ring is 1. The molecular weight excluding hydrogens is 242 g/mol. The lowest BCUT2D eigenvalue weighted by Crippen LogP contribution is -2.10. The lowest BCUT2D eigenvalue weighted by atomic mass is 10.3. The number of methoxy groups -OCH3 is 1. The maximum absolute atomic E-state index is 5.95. The summed E-state index contributed by atoms with van der Waals surface area (Å²) in [7, 11) is 1.54. The summed E-state index contributed by atoms with van der Waals surface area (Å²) in [6.07, 6.45) is 2.47. The van der Waals surface area contributed by atoms with Crippen LogP contribution >= 0.6 is 0 Å². The highest BCUT2D eigenvalue weighted by atomic mass is 16.5. The van der Waals surface area contributed by atoms with E-state index in [1.54, 1.807) is 13.3 Å². The van der Waals surface area contributed by atoms with Crippen LogP contribution < -0.4 is 15.8 Å². The minimum atomic E-state index is 0.398. The SMILES string of the molecule is CCc1nc(NCc2ccccn2)c(N)c(OC)n1. The first kappa shape index (κ1) is 13.1. The lowest BCUT2D eigenvalue weighted by molar-refractivity contribution is 0.397. The van der Waals surface area contributed by atoms with Gasteiger partial charge in [0.2, 0.25) is 5.88 Å². The fraction of sp³-hybridized carbons (Fsp3) is 0.308. The third kappa shape index (κ3) is 3.09. The number of hydrogen-bond acceptors (Lipinski definition) is 6. The molecule has 0 amide bonds. The number of nitrogens with zero attached hydrogens (tertiary/aromatic N) is 3. The first-order chi connectivity index (χ1) is 9.24. The Morgan fingerprint density at radius 2 is 2.16 bits per heavy atom. The highest BCUT2D eigenvalue weighted by Crippen LogP contribution is 2.26. The molecule has 2 rings (SSSR count). The van der Waals surface area contributed by atoms with Gasteiger partial charge in [0.15, 0.2) is 5.82 Å². The third-order valence-electron chi connectivity index (χ3n) is 2.63. The standard InChI is InChI=1S/C13H17N5O/c1-3-10-17-12(11(14)13(18-10)19-2)16-8-9-6-4-5-7-15-9/h4-7H,3,8,14H2,1-2H3,(H,16,17,18). The van der Waals surface area contributed by atoms with Gasteiger partial charge in [-0.05, 0) is 12.1 Å². The van der Waals surface area contributed by atoms with Crippen molar-refractivity contribution in [1.82, 2.24) is 15.0 Å². The molecular formula is C13H17N5O. The maximum atomic E-state index is 5.95. The number of aromatic nitrogens is 3. The number of nitrogens with two attached hydrogens (primary N) is 1. The Bertz CT molecular complexity index is 544. The molecule has 2 heterocycles. The van der Waals surface area contributed by atoms with E-state index in [-0.39, 0.29) is 0 Å². The molecule has 0 atom stereocenters. The van der Waals surface area contributed by atoms with E-state index in [0.717, 1.165) is 12.1 Å². The average molecular weight is 259 g/mol. The van der Waals surface area contributed by atoms with Crippen LogP contribution in [0.15, 0.2) is 24.4 Å². The Morgan fingerprint density at radius 1 is 1.32 bits per heavy atom. The molecule has 2 aromatic heterocycles. The van der Waals surface area contributed by atoms with Gasteiger partial charge >= 0.3 is 0 Å². The van der Waals surface area contributed by atoms with Crippen molar-refractivity contribution in [3.05, 3.63) is 35.9 Å². The predicted molar refractivity (Wildman–Crippen MR) is 73.9 cm³/mol. The van der Waals surface area contributed by atoms with E-state index in [1.807, 2.05) is 25.1 Å². The molecule has 0 spiro atoms. The molecule has 0 aliphatic rings. The Kier molecular flexibility index (Phi) is 4.12. The number of ether oxygens (including phenoxy) is 1. The second kappa shape index (κ2) is 5.99. The largest absolute Gasteiger partial charge is 0.479 e. The van der Waals surface area contributed by atoms with Gasteiger partial charge in [0, 0.05) is 12.6 Å². The van der Waals surface area contributed by atoms with E-state index in [4.69, 9.17) is 10.5 Å². The molecule has 19 heavy (non-hydrogen) atoms. The quantitative estimate of drug-likeness (QED) is 0.849. The van der Waals surface area contributed by atoms with Crippen LogP contribution in [0.3, 0.4) is 0 Å². The van der Waals surface area contributed by atoms with Gasteiger partial charge in [-0.3, -0.25) is 4.98 Å². The van der Waals surface area contributed by atoms with E-state index < -0.39 is 0 Å². The van der Waals surface area contributed by atoms with Crippen molar-refractivity contribution in [2.75, 3.05) is 18.2 Å². The van der Waals surface area contributed by atoms with Crippen molar-refractivity contribution in [2.45, 2.75) is 19.9 Å². The second-order valence-electron chi connectivity index (χ2n) is 3.94. The Balaban J connectivity index is 2.19. The predicted octanol–water partition coefficient (Wildman–Crippen LogP) is 1.64. The zero-order valence-corrected chi connectivity index (χ0v) is 11.1. The molecule has 2 aromatic rings. The highest BCUT2D eigenvalue weighted by Gasteiger charge is 2.11. The zero-order chi connectivity index (χ0) is 13.7. The number of anilines is 2. The number of hydrogen-bond donors (Lipinski definition) is 2. The summed E-state index contributed by atoms with van der Waals surface area (Å²) in [5, 5.41) is 3.16. The summed E-state index contributed by atoms with van der Waals surface area (Å²) in [5.41, 5.74) is 7.28. The van der Waals surface area contributed by atoms with E-state index in [1.165, 1.54) is 0 Å². The number of rotatable bonds is 5. The summed E-state index contributed by atoms with van der Waals surface area (Å²) in [4.78, 5) is 12.8. The van der Waals surface area contributed by atoms with Crippen LogP contribution in [0, 0.1) is 0 Å². The van der Waals surface area contributed by atoms with Gasteiger partial charge in [0.05, 0.1) is 19.3 Å². The van der Waals surface area contributed by atoms with Crippen LogP contribution in [0.4, 0.5) is 11.5 Å². The Labute approximate surface area is 112 Å². The summed E-state index contributed by atoms with van der Waals surface area (Å²) in [6, 6.07) is 5.74. The molecule has 0 aliphatic heterocycles. The van der Waals surface area contributed by atoms with Gasteiger partial charge in [0.25, 0.3) is 0 Å². The molecule has 0 fully saturated rings. The summed E-state index contributed by atoms with van der Waals surface area (Å²) in [6.45, 7) is 2.53. The monoisotopic (exact) mass is 259 g/mol. The van der Waals surface area contributed by atoms with Gasteiger partial charge in [-0.25, -0.2) is 4.98 Å². The average Bonchev–Trinajstić information content (AvgIpc) is 2.47. The minimum Gasteiger partial charge on any atom is -0.479 e. The molecule has 3 N–H and O–H groups in total. The lowest BCUT2D eigenvalue weighted by Gasteiger charge is -2.12. The smallest absolute Gasteiger partial charge is 0.242 e. The normalized spacial score (nSPS) is 10.2. The number of nitrogens with one attached hydrogen (secondary N) is 1. The van der Waals surface area contributed by atoms with Crippen molar-refractivity contribution in [1.29, 1.82) is 0 Å². The van der Waals surface area contributed by atoms with Crippen LogP contribution in [0.1, 0.15) is 18.4 Å². The van der Waals surface area contributed by atoms with E-state index in [0.29, 0.717) is 29.8 Å². The van der Waals surface area contributed by atoms with Crippen LogP contribution in [0.2, 0.25) is 0 Å². The molecule has 6 heteroatoms. The van der Waals surface area contributed by atoms with Gasteiger partial charge in [-0.1, -0.05) is 13.0 Å². The van der Waals surface area contributed by atoms with E-state index >= 15 is 0 Å². The fourth-order valence-electron chi connectivity index (χ4n) is 1.62. The summed E-state index contributed by atoms with van der Waals surface area (Å²) >= 11 is 0. The van der Waals surface area contributed by atoms with E-state index in [9.17, 15) is 0 Å². The van der Waals surface area contributed by atoms with Crippen LogP contribution in [-0.4, -0.2) is 22.1 Å². The topological polar surface area (TPSA) is 86.0 Å². The molecule has 0 radical (unpaired) electrons. The van der Waals surface area contributed by atoms with Crippen molar-refractivity contribution in [3.63, 3.8) is 0 Å². The fourth-order valence-corrected chi connectivity index (χ4v) is 1.62. The van der Waals surface area contributed by atoms with Gasteiger partial charge in [0.1, 0.15) is 11.5 Å². The molecule has 0 saturated heterocycles. The van der Waals surface area contributed by atoms with Crippen LogP contribution in [-0.2, 0) is 13.0 Å². The molecule has 100 valence electrons. The first-order valence-electron chi connectivity index (χ1n) is 6.08. The molecule has 0 saturated carbocycles. The Hall–Kier alpha value is -2.37. The first-order valence-corrected chi connectivity index (χ1v) is 6.08. The van der Waals surface area contributed by atoms with Gasteiger partial charge < -0.3 is 15.8 Å². The molecule has 6 nitrogen and oxygen atoms in total. The van der Waals surface area contributed by atoms with Crippen molar-refractivity contribution in [3.8, 4) is 5.88 Å². The van der Waals surface area contributed by atoms with E-state index in [2.05, 4.69) is 20.3 Å². The zero-order valence-electron chi connectivity index (χ0n) is 11.1. The van der Waals surface area contributed by atoms with Gasteiger partial charge in [-0.15, -0.1) is 0 Å². The highest BCUT2D eigenvalue weighted by molar-refractivity contribution is 5.66. The molecule has 0 aliphatic carbocycles. The molecule has 0 aromatic carbocycles. The van der Waals surface area contributed by atoms with Crippen molar-refractivity contribution >= 4 is 11.5 Å². The Morgan fingerprint density at radius 3 is 2.79 bits per heavy atom. The van der Waals surface area contributed by atoms with Crippen molar-refractivity contribution in [2.24, 2.45) is 0 Å². The summed E-state index contributed by atoms with van der Waals surface area (Å²) < 4.78 is 5.15. The van der Waals surface area contributed by atoms with Crippen LogP contribution in [0.25, 0.3) is 0 Å². The van der Waals surface area contributed by atoms with Crippen molar-refractivity contribution < 1.29 is 4.74 Å². The molecule has 0 unspecified atom stereocenters. The second-order valence-corrected chi connectivity index (χ2v) is 3.94.